The highest BCUT2D eigenvalue weighted by Crippen LogP contribution is 2.22. The van der Waals surface area contributed by atoms with Crippen molar-refractivity contribution in [2.24, 2.45) is 0 Å². The SMILES string of the molecule is Cc1noc(CNc2c(F)cc(N)cc2F)n1. The highest BCUT2D eigenvalue weighted by molar-refractivity contribution is 5.53. The first-order valence-electron chi connectivity index (χ1n) is 4.84. The van der Waals surface area contributed by atoms with Crippen molar-refractivity contribution in [3.63, 3.8) is 0 Å². The van der Waals surface area contributed by atoms with Crippen molar-refractivity contribution in [2.45, 2.75) is 13.5 Å². The topological polar surface area (TPSA) is 77.0 Å². The maximum atomic E-state index is 13.4. The zero-order chi connectivity index (χ0) is 12.4. The van der Waals surface area contributed by atoms with Gasteiger partial charge in [-0.15, -0.1) is 0 Å². The summed E-state index contributed by atoms with van der Waals surface area (Å²) in [6, 6.07) is 2.06. The molecule has 0 unspecified atom stereocenters. The molecule has 0 fully saturated rings. The highest BCUT2D eigenvalue weighted by Gasteiger charge is 2.11. The van der Waals surface area contributed by atoms with E-state index in [9.17, 15) is 8.78 Å². The average Bonchev–Trinajstić information content (AvgIpc) is 2.62. The minimum Gasteiger partial charge on any atom is -0.399 e. The van der Waals surface area contributed by atoms with Gasteiger partial charge in [-0.1, -0.05) is 5.16 Å². The molecule has 2 rings (SSSR count). The van der Waals surface area contributed by atoms with Crippen molar-refractivity contribution < 1.29 is 13.3 Å². The van der Waals surface area contributed by atoms with Crippen LogP contribution in [0.1, 0.15) is 11.7 Å². The van der Waals surface area contributed by atoms with Crippen molar-refractivity contribution in [3.8, 4) is 0 Å². The fourth-order valence-electron chi connectivity index (χ4n) is 1.34. The number of nitrogen functional groups attached to an aromatic ring is 1. The minimum atomic E-state index is -0.765. The Bertz CT molecular complexity index is 518. The molecule has 1 aromatic heterocycles. The lowest BCUT2D eigenvalue weighted by molar-refractivity contribution is 0.379. The predicted octanol–water partition coefficient (Wildman–Crippen LogP) is 1.85. The molecule has 1 heterocycles. The van der Waals surface area contributed by atoms with Gasteiger partial charge in [0.15, 0.2) is 17.5 Å². The maximum absolute atomic E-state index is 13.4. The highest BCUT2D eigenvalue weighted by atomic mass is 19.1. The summed E-state index contributed by atoms with van der Waals surface area (Å²) in [6.45, 7) is 1.69. The molecule has 3 N–H and O–H groups in total. The van der Waals surface area contributed by atoms with E-state index in [4.69, 9.17) is 10.3 Å². The van der Waals surface area contributed by atoms with Gasteiger partial charge >= 0.3 is 0 Å². The molecule has 0 amide bonds. The number of nitrogens with two attached hydrogens (primary N) is 1. The molecular formula is C10H10F2N4O. The van der Waals surface area contributed by atoms with Crippen molar-refractivity contribution >= 4 is 11.4 Å². The Hall–Kier alpha value is -2.18. The minimum absolute atomic E-state index is 0.0270. The normalized spacial score (nSPS) is 10.5. The van der Waals surface area contributed by atoms with Gasteiger partial charge in [-0.3, -0.25) is 0 Å². The van der Waals surface area contributed by atoms with Crippen LogP contribution in [0.3, 0.4) is 0 Å². The third-order valence-electron chi connectivity index (χ3n) is 2.05. The average molecular weight is 240 g/mol. The van der Waals surface area contributed by atoms with Crippen molar-refractivity contribution in [1.29, 1.82) is 0 Å². The van der Waals surface area contributed by atoms with Crippen LogP contribution < -0.4 is 11.1 Å². The zero-order valence-corrected chi connectivity index (χ0v) is 9.00. The fourth-order valence-corrected chi connectivity index (χ4v) is 1.34. The molecule has 1 aromatic carbocycles. The third-order valence-corrected chi connectivity index (χ3v) is 2.05. The summed E-state index contributed by atoms with van der Waals surface area (Å²) in [5.74, 6) is -0.823. The van der Waals surface area contributed by atoms with Crippen LogP contribution in [0.5, 0.6) is 0 Å². The van der Waals surface area contributed by atoms with E-state index in [1.54, 1.807) is 6.92 Å². The van der Waals surface area contributed by atoms with E-state index >= 15 is 0 Å². The molecule has 0 aliphatic rings. The van der Waals surface area contributed by atoms with E-state index in [1.807, 2.05) is 0 Å². The van der Waals surface area contributed by atoms with Gasteiger partial charge in [0.1, 0.15) is 5.69 Å². The molecule has 90 valence electrons. The molecule has 0 saturated carbocycles. The zero-order valence-electron chi connectivity index (χ0n) is 9.00. The fraction of sp³-hybridized carbons (Fsp3) is 0.200. The number of nitrogens with zero attached hydrogens (tertiary/aromatic N) is 2. The Morgan fingerprint density at radius 2 is 2.00 bits per heavy atom. The van der Waals surface area contributed by atoms with Crippen LogP contribution >= 0.6 is 0 Å². The van der Waals surface area contributed by atoms with Crippen LogP contribution in [-0.2, 0) is 6.54 Å². The van der Waals surface area contributed by atoms with E-state index in [2.05, 4.69) is 15.5 Å². The van der Waals surface area contributed by atoms with Gasteiger partial charge in [-0.05, 0) is 19.1 Å². The number of anilines is 2. The first-order valence-corrected chi connectivity index (χ1v) is 4.84. The monoisotopic (exact) mass is 240 g/mol. The van der Waals surface area contributed by atoms with Gasteiger partial charge in [-0.25, -0.2) is 8.78 Å². The first-order chi connectivity index (χ1) is 8.06. The van der Waals surface area contributed by atoms with E-state index in [0.29, 0.717) is 5.82 Å². The Labute approximate surface area is 95.6 Å². The van der Waals surface area contributed by atoms with Crippen LogP contribution in [-0.4, -0.2) is 10.1 Å². The summed E-state index contributed by atoms with van der Waals surface area (Å²) >= 11 is 0. The number of halogens is 2. The number of nitrogens with one attached hydrogen (secondary N) is 1. The Kier molecular flexibility index (Phi) is 2.90. The van der Waals surface area contributed by atoms with Crippen molar-refractivity contribution in [1.82, 2.24) is 10.1 Å². The number of rotatable bonds is 3. The van der Waals surface area contributed by atoms with Gasteiger partial charge in [0, 0.05) is 5.69 Å². The number of hydrogen-bond acceptors (Lipinski definition) is 5. The second-order valence-corrected chi connectivity index (χ2v) is 3.45. The molecular weight excluding hydrogens is 230 g/mol. The molecule has 0 radical (unpaired) electrons. The van der Waals surface area contributed by atoms with E-state index in [0.717, 1.165) is 12.1 Å². The summed E-state index contributed by atoms with van der Waals surface area (Å²) < 4.78 is 31.5. The number of aryl methyl sites for hydroxylation is 1. The van der Waals surface area contributed by atoms with Crippen molar-refractivity contribution in [2.75, 3.05) is 11.1 Å². The van der Waals surface area contributed by atoms with Crippen LogP contribution in [0, 0.1) is 18.6 Å². The molecule has 2 aromatic rings. The Morgan fingerprint density at radius 3 is 2.53 bits per heavy atom. The standard InChI is InChI=1S/C10H10F2N4O/c1-5-15-9(17-16-5)4-14-10-7(11)2-6(13)3-8(10)12/h2-3,14H,4,13H2,1H3. The molecule has 5 nitrogen and oxygen atoms in total. The second-order valence-electron chi connectivity index (χ2n) is 3.45. The number of benzene rings is 1. The molecule has 7 heteroatoms. The summed E-state index contributed by atoms with van der Waals surface area (Å²) in [7, 11) is 0. The lowest BCUT2D eigenvalue weighted by Crippen LogP contribution is -2.05. The van der Waals surface area contributed by atoms with E-state index in [-0.39, 0.29) is 23.8 Å². The molecule has 0 aliphatic carbocycles. The maximum Gasteiger partial charge on any atom is 0.245 e. The quantitative estimate of drug-likeness (QED) is 0.800. The lowest BCUT2D eigenvalue weighted by atomic mass is 10.2. The largest absolute Gasteiger partial charge is 0.399 e. The second kappa shape index (κ2) is 4.36. The molecule has 0 bridgehead atoms. The Balaban J connectivity index is 2.14. The third kappa shape index (κ3) is 2.49. The smallest absolute Gasteiger partial charge is 0.245 e. The molecule has 0 aliphatic heterocycles. The van der Waals surface area contributed by atoms with Crippen LogP contribution in [0.2, 0.25) is 0 Å². The van der Waals surface area contributed by atoms with Gasteiger partial charge in [-0.2, -0.15) is 4.98 Å². The van der Waals surface area contributed by atoms with E-state index < -0.39 is 11.6 Å². The lowest BCUT2D eigenvalue weighted by Gasteiger charge is -2.07. The van der Waals surface area contributed by atoms with Gasteiger partial charge in [0.25, 0.3) is 0 Å². The first kappa shape index (κ1) is 11.3. The number of hydrogen-bond donors (Lipinski definition) is 2. The summed E-state index contributed by atoms with van der Waals surface area (Å²) in [5, 5.41) is 6.09. The van der Waals surface area contributed by atoms with E-state index in [1.165, 1.54) is 0 Å². The van der Waals surface area contributed by atoms with Gasteiger partial charge < -0.3 is 15.6 Å². The van der Waals surface area contributed by atoms with Crippen LogP contribution in [0.4, 0.5) is 20.2 Å². The molecule has 0 spiro atoms. The predicted molar refractivity (Wildman–Crippen MR) is 57.1 cm³/mol. The molecule has 0 atom stereocenters. The van der Waals surface area contributed by atoms with Crippen molar-refractivity contribution in [3.05, 3.63) is 35.5 Å². The summed E-state index contributed by atoms with van der Waals surface area (Å²) in [6.07, 6.45) is 0. The van der Waals surface area contributed by atoms with Gasteiger partial charge in [0.05, 0.1) is 6.54 Å². The van der Waals surface area contributed by atoms with Gasteiger partial charge in [0.2, 0.25) is 5.89 Å². The molecule has 0 saturated heterocycles. The van der Waals surface area contributed by atoms with Crippen LogP contribution in [0.25, 0.3) is 0 Å². The molecule has 17 heavy (non-hydrogen) atoms. The van der Waals surface area contributed by atoms with Crippen LogP contribution in [0.15, 0.2) is 16.7 Å². The summed E-state index contributed by atoms with van der Waals surface area (Å²) in [4.78, 5) is 3.89. The Morgan fingerprint density at radius 1 is 1.35 bits per heavy atom. The summed E-state index contributed by atoms with van der Waals surface area (Å²) in [5.41, 5.74) is 5.05. The number of aromatic nitrogens is 2.